The van der Waals surface area contributed by atoms with Crippen molar-refractivity contribution >= 4 is 22.8 Å². The first-order valence-electron chi connectivity index (χ1n) is 11.4. The lowest BCUT2D eigenvalue weighted by atomic mass is 9.85. The number of nitrogens with zero attached hydrogens (tertiary/aromatic N) is 3. The van der Waals surface area contributed by atoms with Crippen molar-refractivity contribution in [2.75, 3.05) is 13.1 Å². The summed E-state index contributed by atoms with van der Waals surface area (Å²) in [5.74, 6) is -0.114. The van der Waals surface area contributed by atoms with Gasteiger partial charge in [-0.25, -0.2) is 4.98 Å². The number of pyridine rings is 1. The molecule has 3 rings (SSSR count). The highest BCUT2D eigenvalue weighted by atomic mass is 16.2. The van der Waals surface area contributed by atoms with Gasteiger partial charge < -0.3 is 20.1 Å². The summed E-state index contributed by atoms with van der Waals surface area (Å²) in [5.41, 5.74) is 1.80. The van der Waals surface area contributed by atoms with E-state index in [1.54, 1.807) is 0 Å². The minimum Gasteiger partial charge on any atom is -0.342 e. The highest BCUT2D eigenvalue weighted by Crippen LogP contribution is 2.29. The molecule has 0 aliphatic carbocycles. The number of aromatic nitrogens is 2. The molecule has 2 aromatic rings. The fourth-order valence-corrected chi connectivity index (χ4v) is 4.53. The number of likely N-dealkylation sites (tertiary alicyclic amines) is 1. The van der Waals surface area contributed by atoms with E-state index >= 15 is 0 Å². The summed E-state index contributed by atoms with van der Waals surface area (Å²) in [5, 5.41) is 7.30. The number of aryl methyl sites for hydroxylation is 1. The van der Waals surface area contributed by atoms with Gasteiger partial charge >= 0.3 is 0 Å². The Hall–Kier alpha value is -2.41. The van der Waals surface area contributed by atoms with Crippen LogP contribution in [-0.2, 0) is 23.1 Å². The van der Waals surface area contributed by atoms with Gasteiger partial charge in [-0.3, -0.25) is 9.59 Å². The van der Waals surface area contributed by atoms with Gasteiger partial charge in [-0.15, -0.1) is 0 Å². The Morgan fingerprint density at radius 3 is 2.74 bits per heavy atom. The van der Waals surface area contributed by atoms with E-state index in [4.69, 9.17) is 0 Å². The maximum Gasteiger partial charge on any atom is 0.245 e. The fourth-order valence-electron chi connectivity index (χ4n) is 4.53. The van der Waals surface area contributed by atoms with E-state index in [0.29, 0.717) is 6.54 Å². The maximum atomic E-state index is 13.7. The topological polar surface area (TPSA) is 79.3 Å². The fraction of sp³-hybridized carbons (Fsp3) is 0.625. The van der Waals surface area contributed by atoms with E-state index in [1.165, 1.54) is 5.56 Å². The molecule has 3 heterocycles. The Balaban J connectivity index is 1.79. The Bertz CT molecular complexity index is 930. The monoisotopic (exact) mass is 427 g/mol. The van der Waals surface area contributed by atoms with Gasteiger partial charge in [-0.2, -0.15) is 0 Å². The van der Waals surface area contributed by atoms with Crippen LogP contribution < -0.4 is 10.6 Å². The lowest BCUT2D eigenvalue weighted by molar-refractivity contribution is -0.140. The Labute approximate surface area is 185 Å². The molecular weight excluding hydrogens is 390 g/mol. The number of carbonyl (C=O) groups excluding carboxylic acids is 2. The molecule has 0 saturated carbocycles. The van der Waals surface area contributed by atoms with Crippen LogP contribution in [0.2, 0.25) is 0 Å². The van der Waals surface area contributed by atoms with Crippen LogP contribution in [0.1, 0.15) is 53.0 Å². The zero-order valence-corrected chi connectivity index (χ0v) is 19.7. The van der Waals surface area contributed by atoms with Crippen molar-refractivity contribution in [3.63, 3.8) is 0 Å². The van der Waals surface area contributed by atoms with Crippen LogP contribution in [0.5, 0.6) is 0 Å². The molecule has 0 spiro atoms. The number of fused-ring (bicyclic) bond motifs is 1. The maximum absolute atomic E-state index is 13.7. The molecule has 31 heavy (non-hydrogen) atoms. The third-order valence-corrected chi connectivity index (χ3v) is 6.24. The first-order chi connectivity index (χ1) is 14.6. The molecule has 170 valence electrons. The normalized spacial score (nSPS) is 18.9. The summed E-state index contributed by atoms with van der Waals surface area (Å²) < 4.78 is 2.05. The predicted octanol–water partition coefficient (Wildman–Crippen LogP) is 2.64. The molecule has 2 N–H and O–H groups in total. The van der Waals surface area contributed by atoms with Crippen LogP contribution in [0, 0.1) is 5.41 Å². The number of nitrogens with one attached hydrogen (secondary N) is 2. The summed E-state index contributed by atoms with van der Waals surface area (Å²) in [6.07, 6.45) is 6.69. The summed E-state index contributed by atoms with van der Waals surface area (Å²) in [7, 11) is 2.01. The molecule has 3 atom stereocenters. The van der Waals surface area contributed by atoms with Crippen molar-refractivity contribution in [2.24, 2.45) is 12.5 Å². The zero-order valence-electron chi connectivity index (χ0n) is 19.7. The molecule has 1 fully saturated rings. The molecule has 0 unspecified atom stereocenters. The first kappa shape index (κ1) is 23.3. The van der Waals surface area contributed by atoms with Gasteiger partial charge in [0.05, 0.1) is 6.04 Å². The van der Waals surface area contributed by atoms with E-state index in [2.05, 4.69) is 27.9 Å². The highest BCUT2D eigenvalue weighted by Gasteiger charge is 2.40. The lowest BCUT2D eigenvalue weighted by Gasteiger charge is -2.36. The molecule has 0 aromatic carbocycles. The minimum absolute atomic E-state index is 0.0189. The molecule has 1 aliphatic rings. The number of amides is 2. The summed E-state index contributed by atoms with van der Waals surface area (Å²) in [6, 6.07) is 3.29. The van der Waals surface area contributed by atoms with Gasteiger partial charge in [-0.05, 0) is 55.8 Å². The summed E-state index contributed by atoms with van der Waals surface area (Å²) in [6.45, 7) is 11.3. The van der Waals surface area contributed by atoms with Crippen LogP contribution >= 0.6 is 0 Å². The van der Waals surface area contributed by atoms with Crippen molar-refractivity contribution in [2.45, 2.75) is 72.0 Å². The molecule has 0 radical (unpaired) electrons. The summed E-state index contributed by atoms with van der Waals surface area (Å²) >= 11 is 0. The average molecular weight is 428 g/mol. The Morgan fingerprint density at radius 1 is 1.32 bits per heavy atom. The SMILES string of the molecule is CCN[C@@H](C)C(=O)N[C@H](C(=O)N1CCC[C@@H]1Cc1cn(C)c2ncccc12)C(C)(C)C. The third kappa shape index (κ3) is 5.09. The predicted molar refractivity (Wildman–Crippen MR) is 124 cm³/mol. The smallest absolute Gasteiger partial charge is 0.245 e. The van der Waals surface area contributed by atoms with Gasteiger partial charge in [-0.1, -0.05) is 27.7 Å². The zero-order chi connectivity index (χ0) is 22.8. The first-order valence-corrected chi connectivity index (χ1v) is 11.4. The van der Waals surface area contributed by atoms with Crippen LogP contribution in [0.15, 0.2) is 24.5 Å². The number of carbonyl (C=O) groups is 2. The average Bonchev–Trinajstić information content (AvgIpc) is 3.30. The number of likely N-dealkylation sites (N-methyl/N-ethyl adjacent to an activating group) is 1. The van der Waals surface area contributed by atoms with Gasteiger partial charge in [0.15, 0.2) is 0 Å². The standard InChI is InChI=1S/C24H37N5O2/c1-7-25-16(2)22(30)27-20(24(3,4)5)23(31)29-13-9-10-18(29)14-17-15-28(6)21-19(17)11-8-12-26-21/h8,11-12,15-16,18,20,25H,7,9-10,13-14H2,1-6H3,(H,27,30)/t16-,18+,20+/m0/s1. The van der Waals surface area contributed by atoms with Crippen LogP contribution in [0.3, 0.4) is 0 Å². The van der Waals surface area contributed by atoms with Gasteiger partial charge in [0.1, 0.15) is 11.7 Å². The van der Waals surface area contributed by atoms with Crippen molar-refractivity contribution in [3.8, 4) is 0 Å². The van der Waals surface area contributed by atoms with Gasteiger partial charge in [0.2, 0.25) is 11.8 Å². The molecule has 7 nitrogen and oxygen atoms in total. The Morgan fingerprint density at radius 2 is 2.06 bits per heavy atom. The van der Waals surface area contributed by atoms with Crippen molar-refractivity contribution in [1.29, 1.82) is 0 Å². The van der Waals surface area contributed by atoms with Crippen molar-refractivity contribution in [1.82, 2.24) is 25.1 Å². The lowest BCUT2D eigenvalue weighted by Crippen LogP contribution is -2.58. The Kier molecular flexibility index (Phi) is 7.04. The van der Waals surface area contributed by atoms with E-state index in [-0.39, 0.29) is 29.3 Å². The molecule has 1 saturated heterocycles. The highest BCUT2D eigenvalue weighted by molar-refractivity contribution is 5.90. The number of rotatable bonds is 7. The van der Waals surface area contributed by atoms with Crippen LogP contribution in [0.25, 0.3) is 11.0 Å². The van der Waals surface area contributed by atoms with E-state index < -0.39 is 6.04 Å². The second-order valence-electron chi connectivity index (χ2n) is 9.76. The molecule has 0 bridgehead atoms. The second kappa shape index (κ2) is 9.39. The van der Waals surface area contributed by atoms with Crippen molar-refractivity contribution in [3.05, 3.63) is 30.1 Å². The van der Waals surface area contributed by atoms with Crippen LogP contribution in [-0.4, -0.2) is 57.5 Å². The minimum atomic E-state index is -0.559. The van der Waals surface area contributed by atoms with Crippen molar-refractivity contribution < 1.29 is 9.59 Å². The molecule has 1 aliphatic heterocycles. The number of hydrogen-bond acceptors (Lipinski definition) is 4. The number of hydrogen-bond donors (Lipinski definition) is 2. The van der Waals surface area contributed by atoms with Gasteiger partial charge in [0, 0.05) is 37.4 Å². The molecule has 2 aromatic heterocycles. The van der Waals surface area contributed by atoms with Crippen LogP contribution in [0.4, 0.5) is 0 Å². The third-order valence-electron chi connectivity index (χ3n) is 6.24. The second-order valence-corrected chi connectivity index (χ2v) is 9.76. The molecule has 2 amide bonds. The largest absolute Gasteiger partial charge is 0.342 e. The van der Waals surface area contributed by atoms with E-state index in [1.807, 2.05) is 63.4 Å². The van der Waals surface area contributed by atoms with E-state index in [0.717, 1.165) is 36.8 Å². The van der Waals surface area contributed by atoms with Gasteiger partial charge in [0.25, 0.3) is 0 Å². The molecule has 7 heteroatoms. The molecular formula is C24H37N5O2. The van der Waals surface area contributed by atoms with E-state index in [9.17, 15) is 9.59 Å². The quantitative estimate of drug-likeness (QED) is 0.712. The summed E-state index contributed by atoms with van der Waals surface area (Å²) in [4.78, 5) is 32.8.